The monoisotopic (exact) mass is 369 g/mol. The first-order valence-corrected chi connectivity index (χ1v) is 10.0. The highest BCUT2D eigenvalue weighted by atomic mass is 32.2. The highest BCUT2D eigenvalue weighted by Crippen LogP contribution is 2.12. The third-order valence-electron chi connectivity index (χ3n) is 4.40. The van der Waals surface area contributed by atoms with Gasteiger partial charge in [0.2, 0.25) is 21.9 Å². The van der Waals surface area contributed by atoms with Crippen molar-refractivity contribution in [3.05, 3.63) is 18.5 Å². The Balaban J connectivity index is 1.46. The molecule has 10 heteroatoms. The van der Waals surface area contributed by atoms with Crippen LogP contribution in [0, 0.1) is 0 Å². The number of carbonyl (C=O) groups excluding carboxylic acids is 1. The molecule has 2 saturated heterocycles. The van der Waals surface area contributed by atoms with Gasteiger partial charge >= 0.3 is 0 Å². The topological polar surface area (TPSA) is 95.9 Å². The van der Waals surface area contributed by atoms with Gasteiger partial charge in [0.1, 0.15) is 0 Å². The Labute approximate surface area is 147 Å². The van der Waals surface area contributed by atoms with Crippen LogP contribution in [0.15, 0.2) is 18.5 Å². The van der Waals surface area contributed by atoms with E-state index in [0.717, 1.165) is 0 Å². The Morgan fingerprint density at radius 2 is 1.68 bits per heavy atom. The van der Waals surface area contributed by atoms with Crippen LogP contribution in [-0.2, 0) is 19.6 Å². The van der Waals surface area contributed by atoms with E-state index in [-0.39, 0.29) is 18.1 Å². The minimum atomic E-state index is -3.40. The maximum Gasteiger partial charge on any atom is 0.225 e. The molecule has 0 spiro atoms. The smallest absolute Gasteiger partial charge is 0.225 e. The third-order valence-corrected chi connectivity index (χ3v) is 6.28. The number of aromatic nitrogens is 2. The molecule has 2 aliphatic rings. The second kappa shape index (κ2) is 8.07. The Morgan fingerprint density at radius 3 is 2.32 bits per heavy atom. The number of anilines is 1. The van der Waals surface area contributed by atoms with Crippen molar-refractivity contribution in [3.8, 4) is 0 Å². The van der Waals surface area contributed by atoms with Crippen molar-refractivity contribution in [2.45, 2.75) is 6.42 Å². The maximum atomic E-state index is 12.3. The molecular formula is C15H23N5O4S. The second-order valence-electron chi connectivity index (χ2n) is 5.99. The largest absolute Gasteiger partial charge is 0.379 e. The number of piperazine rings is 1. The Bertz CT molecular complexity index is 670. The summed E-state index contributed by atoms with van der Waals surface area (Å²) in [6, 6.07) is 1.76. The van der Waals surface area contributed by atoms with Gasteiger partial charge in [-0.05, 0) is 6.07 Å². The molecule has 0 aromatic carbocycles. The molecule has 0 bridgehead atoms. The molecular weight excluding hydrogens is 346 g/mol. The average molecular weight is 369 g/mol. The summed E-state index contributed by atoms with van der Waals surface area (Å²) < 4.78 is 31.1. The van der Waals surface area contributed by atoms with Crippen molar-refractivity contribution in [1.82, 2.24) is 19.2 Å². The van der Waals surface area contributed by atoms with Gasteiger partial charge in [-0.1, -0.05) is 0 Å². The Kier molecular flexibility index (Phi) is 5.82. The molecule has 3 heterocycles. The molecule has 0 aliphatic carbocycles. The van der Waals surface area contributed by atoms with Crippen LogP contribution >= 0.6 is 0 Å². The molecule has 138 valence electrons. The second-order valence-corrected chi connectivity index (χ2v) is 8.08. The van der Waals surface area contributed by atoms with Gasteiger partial charge < -0.3 is 14.5 Å². The van der Waals surface area contributed by atoms with Crippen LogP contribution < -0.4 is 4.90 Å². The first-order valence-electron chi connectivity index (χ1n) is 8.41. The van der Waals surface area contributed by atoms with E-state index >= 15 is 0 Å². The van der Waals surface area contributed by atoms with Crippen LogP contribution in [0.1, 0.15) is 6.42 Å². The molecule has 0 atom stereocenters. The van der Waals surface area contributed by atoms with E-state index in [1.165, 1.54) is 4.31 Å². The van der Waals surface area contributed by atoms with E-state index in [1.54, 1.807) is 23.4 Å². The van der Waals surface area contributed by atoms with Gasteiger partial charge in [0.25, 0.3) is 0 Å². The third kappa shape index (κ3) is 4.65. The van der Waals surface area contributed by atoms with Crippen molar-refractivity contribution in [3.63, 3.8) is 0 Å². The first-order chi connectivity index (χ1) is 12.1. The molecule has 2 fully saturated rings. The maximum absolute atomic E-state index is 12.3. The van der Waals surface area contributed by atoms with Crippen LogP contribution in [0.3, 0.4) is 0 Å². The number of morpholine rings is 1. The number of hydrogen-bond donors (Lipinski definition) is 0. The number of nitrogens with zero attached hydrogens (tertiary/aromatic N) is 5. The van der Waals surface area contributed by atoms with Crippen LogP contribution in [0.4, 0.5) is 5.95 Å². The minimum absolute atomic E-state index is 0.0154. The summed E-state index contributed by atoms with van der Waals surface area (Å²) in [7, 11) is -3.40. The summed E-state index contributed by atoms with van der Waals surface area (Å²) in [6.07, 6.45) is 3.40. The van der Waals surface area contributed by atoms with Crippen molar-refractivity contribution < 1.29 is 17.9 Å². The van der Waals surface area contributed by atoms with Crippen LogP contribution in [0.5, 0.6) is 0 Å². The highest BCUT2D eigenvalue weighted by molar-refractivity contribution is 7.89. The lowest BCUT2D eigenvalue weighted by atomic mass is 10.3. The molecule has 0 radical (unpaired) electrons. The lowest BCUT2D eigenvalue weighted by Gasteiger charge is -2.34. The van der Waals surface area contributed by atoms with Gasteiger partial charge in [0.15, 0.2) is 0 Å². The molecule has 0 unspecified atom stereocenters. The fourth-order valence-corrected chi connectivity index (χ4v) is 4.33. The number of sulfonamides is 1. The van der Waals surface area contributed by atoms with Crippen molar-refractivity contribution in [1.29, 1.82) is 0 Å². The minimum Gasteiger partial charge on any atom is -0.379 e. The van der Waals surface area contributed by atoms with Crippen LogP contribution in [0.25, 0.3) is 0 Å². The normalized spacial score (nSPS) is 19.8. The number of carbonyl (C=O) groups is 1. The quantitative estimate of drug-likeness (QED) is 0.669. The van der Waals surface area contributed by atoms with Crippen molar-refractivity contribution in [2.24, 2.45) is 0 Å². The van der Waals surface area contributed by atoms with Crippen molar-refractivity contribution >= 4 is 21.9 Å². The number of amides is 1. The van der Waals surface area contributed by atoms with Gasteiger partial charge in [0, 0.05) is 58.1 Å². The van der Waals surface area contributed by atoms with Crippen molar-refractivity contribution in [2.75, 3.05) is 63.1 Å². The first kappa shape index (κ1) is 18.0. The van der Waals surface area contributed by atoms with Crippen LogP contribution in [-0.4, -0.2) is 91.7 Å². The predicted octanol–water partition coefficient (Wildman–Crippen LogP) is -0.823. The zero-order valence-electron chi connectivity index (χ0n) is 14.1. The Morgan fingerprint density at radius 1 is 1.04 bits per heavy atom. The number of hydrogen-bond acceptors (Lipinski definition) is 7. The fraction of sp³-hybridized carbons (Fsp3) is 0.667. The zero-order valence-corrected chi connectivity index (χ0v) is 14.9. The summed E-state index contributed by atoms with van der Waals surface area (Å²) in [5.74, 6) is 0.392. The lowest BCUT2D eigenvalue weighted by Crippen LogP contribution is -2.50. The molecule has 1 aromatic rings. The van der Waals surface area contributed by atoms with E-state index in [2.05, 4.69) is 9.97 Å². The van der Waals surface area contributed by atoms with Gasteiger partial charge in [-0.3, -0.25) is 4.79 Å². The summed E-state index contributed by atoms with van der Waals surface area (Å²) in [4.78, 5) is 24.5. The molecule has 3 rings (SSSR count). The standard InChI is InChI=1S/C15H23N5O4S/c21-14(2-13-25(22,23)20-9-11-24-12-10-20)18-5-7-19(8-6-18)15-16-3-1-4-17-15/h1,3-4H,2,5-13H2. The van der Waals surface area contributed by atoms with E-state index in [4.69, 9.17) is 4.74 Å². The van der Waals surface area contributed by atoms with E-state index < -0.39 is 10.0 Å². The molecule has 9 nitrogen and oxygen atoms in total. The molecule has 0 saturated carbocycles. The Hall–Kier alpha value is -1.78. The highest BCUT2D eigenvalue weighted by Gasteiger charge is 2.27. The summed E-state index contributed by atoms with van der Waals surface area (Å²) >= 11 is 0. The lowest BCUT2D eigenvalue weighted by molar-refractivity contribution is -0.131. The van der Waals surface area contributed by atoms with E-state index in [0.29, 0.717) is 58.4 Å². The van der Waals surface area contributed by atoms with E-state index in [9.17, 15) is 13.2 Å². The van der Waals surface area contributed by atoms with Gasteiger partial charge in [-0.15, -0.1) is 0 Å². The predicted molar refractivity (Wildman–Crippen MR) is 91.6 cm³/mol. The molecule has 2 aliphatic heterocycles. The summed E-state index contributed by atoms with van der Waals surface area (Å²) in [5, 5.41) is 0. The van der Waals surface area contributed by atoms with E-state index in [1.807, 2.05) is 4.90 Å². The van der Waals surface area contributed by atoms with Gasteiger partial charge in [-0.2, -0.15) is 4.31 Å². The molecule has 1 aromatic heterocycles. The average Bonchev–Trinajstić information content (AvgIpc) is 2.68. The summed E-state index contributed by atoms with van der Waals surface area (Å²) in [5.41, 5.74) is 0. The number of rotatable bonds is 5. The molecule has 1 amide bonds. The molecule has 0 N–H and O–H groups in total. The van der Waals surface area contributed by atoms with Crippen LogP contribution in [0.2, 0.25) is 0 Å². The SMILES string of the molecule is O=C(CCS(=O)(=O)N1CCOCC1)N1CCN(c2ncccn2)CC1. The summed E-state index contributed by atoms with van der Waals surface area (Å²) in [6.45, 7) is 3.95. The van der Waals surface area contributed by atoms with Gasteiger partial charge in [0.05, 0.1) is 19.0 Å². The zero-order chi connectivity index (χ0) is 17.7. The number of ether oxygens (including phenoxy) is 1. The van der Waals surface area contributed by atoms with Gasteiger partial charge in [-0.25, -0.2) is 18.4 Å². The fourth-order valence-electron chi connectivity index (χ4n) is 2.94. The molecule has 25 heavy (non-hydrogen) atoms.